The van der Waals surface area contributed by atoms with Crippen LogP contribution in [0.25, 0.3) is 0 Å². The minimum atomic E-state index is -0.731. The Morgan fingerprint density at radius 3 is 2.55 bits per heavy atom. The fourth-order valence-electron chi connectivity index (χ4n) is 2.19. The molecule has 1 spiro atoms. The van der Waals surface area contributed by atoms with Crippen LogP contribution in [0.2, 0.25) is 0 Å². The molecule has 0 aromatic heterocycles. The molecule has 11 heavy (non-hydrogen) atoms. The third-order valence-electron chi connectivity index (χ3n) is 2.93. The van der Waals surface area contributed by atoms with Crippen molar-refractivity contribution in [3.8, 4) is 0 Å². The summed E-state index contributed by atoms with van der Waals surface area (Å²) in [7, 11) is 0. The summed E-state index contributed by atoms with van der Waals surface area (Å²) in [5, 5.41) is 9.54. The highest BCUT2D eigenvalue weighted by atomic mass is 16.3. The maximum Gasteiger partial charge on any atom is 0.184 e. The molecule has 1 N–H and O–H groups in total. The lowest BCUT2D eigenvalue weighted by Gasteiger charge is -2.24. The van der Waals surface area contributed by atoms with Crippen molar-refractivity contribution < 1.29 is 9.90 Å². The van der Waals surface area contributed by atoms with Crippen molar-refractivity contribution >= 4 is 5.78 Å². The SMILES string of the molecule is O=C1C=CC2(CCCC2)C1O. The van der Waals surface area contributed by atoms with Crippen molar-refractivity contribution in [2.45, 2.75) is 31.8 Å². The van der Waals surface area contributed by atoms with Gasteiger partial charge in [0.25, 0.3) is 0 Å². The van der Waals surface area contributed by atoms with Crippen molar-refractivity contribution in [2.24, 2.45) is 5.41 Å². The fourth-order valence-corrected chi connectivity index (χ4v) is 2.19. The van der Waals surface area contributed by atoms with Gasteiger partial charge in [-0.3, -0.25) is 4.79 Å². The van der Waals surface area contributed by atoms with E-state index in [9.17, 15) is 9.90 Å². The summed E-state index contributed by atoms with van der Waals surface area (Å²) in [4.78, 5) is 11.0. The lowest BCUT2D eigenvalue weighted by atomic mass is 9.83. The van der Waals surface area contributed by atoms with Crippen LogP contribution in [-0.2, 0) is 4.79 Å². The van der Waals surface area contributed by atoms with Crippen LogP contribution < -0.4 is 0 Å². The minimum absolute atomic E-state index is 0.105. The van der Waals surface area contributed by atoms with E-state index in [1.54, 1.807) is 0 Å². The molecule has 60 valence electrons. The standard InChI is InChI=1S/C9H12O2/c10-7-3-6-9(8(7)11)4-1-2-5-9/h3,6,8,11H,1-2,4-5H2. The molecule has 2 aliphatic rings. The average Bonchev–Trinajstić information content (AvgIpc) is 2.56. The number of aliphatic hydroxyl groups excluding tert-OH is 1. The summed E-state index contributed by atoms with van der Waals surface area (Å²) < 4.78 is 0. The number of rotatable bonds is 0. The molecule has 2 rings (SSSR count). The van der Waals surface area contributed by atoms with Gasteiger partial charge in [0.15, 0.2) is 5.78 Å². The number of aliphatic hydroxyl groups is 1. The summed E-state index contributed by atoms with van der Waals surface area (Å²) >= 11 is 0. The van der Waals surface area contributed by atoms with Gasteiger partial charge in [-0.25, -0.2) is 0 Å². The van der Waals surface area contributed by atoms with E-state index >= 15 is 0 Å². The van der Waals surface area contributed by atoms with Gasteiger partial charge in [0.2, 0.25) is 0 Å². The molecule has 1 fully saturated rings. The maximum atomic E-state index is 11.0. The normalized spacial score (nSPS) is 33.9. The molecular formula is C9H12O2. The molecular weight excluding hydrogens is 140 g/mol. The lowest BCUT2D eigenvalue weighted by Crippen LogP contribution is -2.31. The topological polar surface area (TPSA) is 37.3 Å². The van der Waals surface area contributed by atoms with Gasteiger partial charge in [-0.2, -0.15) is 0 Å². The van der Waals surface area contributed by atoms with E-state index in [0.717, 1.165) is 25.7 Å². The predicted molar refractivity (Wildman–Crippen MR) is 41.1 cm³/mol. The van der Waals surface area contributed by atoms with Gasteiger partial charge in [0, 0.05) is 5.41 Å². The monoisotopic (exact) mass is 152 g/mol. The van der Waals surface area contributed by atoms with E-state index in [1.165, 1.54) is 6.08 Å². The van der Waals surface area contributed by atoms with E-state index in [-0.39, 0.29) is 11.2 Å². The van der Waals surface area contributed by atoms with Crippen LogP contribution in [0, 0.1) is 5.41 Å². The lowest BCUT2D eigenvalue weighted by molar-refractivity contribution is -0.125. The fraction of sp³-hybridized carbons (Fsp3) is 0.667. The molecule has 2 aliphatic carbocycles. The van der Waals surface area contributed by atoms with Crippen LogP contribution >= 0.6 is 0 Å². The molecule has 0 aliphatic heterocycles. The maximum absolute atomic E-state index is 11.0. The minimum Gasteiger partial charge on any atom is -0.384 e. The molecule has 0 amide bonds. The Balaban J connectivity index is 2.27. The largest absolute Gasteiger partial charge is 0.384 e. The van der Waals surface area contributed by atoms with Crippen LogP contribution in [0.15, 0.2) is 12.2 Å². The van der Waals surface area contributed by atoms with Gasteiger partial charge in [-0.05, 0) is 18.9 Å². The number of carbonyl (C=O) groups is 1. The zero-order valence-corrected chi connectivity index (χ0v) is 6.42. The average molecular weight is 152 g/mol. The summed E-state index contributed by atoms with van der Waals surface area (Å²) in [6, 6.07) is 0. The molecule has 0 aromatic carbocycles. The van der Waals surface area contributed by atoms with Crippen molar-refractivity contribution in [1.82, 2.24) is 0 Å². The second-order valence-corrected chi connectivity index (χ2v) is 3.58. The summed E-state index contributed by atoms with van der Waals surface area (Å²) in [6.07, 6.45) is 6.98. The quantitative estimate of drug-likeness (QED) is 0.563. The highest BCUT2D eigenvalue weighted by molar-refractivity contribution is 5.97. The van der Waals surface area contributed by atoms with Crippen molar-refractivity contribution in [3.63, 3.8) is 0 Å². The number of ketones is 1. The second-order valence-electron chi connectivity index (χ2n) is 3.58. The summed E-state index contributed by atoms with van der Waals surface area (Å²) in [5.74, 6) is -0.105. The molecule has 2 nitrogen and oxygen atoms in total. The van der Waals surface area contributed by atoms with E-state index < -0.39 is 6.10 Å². The van der Waals surface area contributed by atoms with Crippen LogP contribution in [0.1, 0.15) is 25.7 Å². The Morgan fingerprint density at radius 1 is 1.45 bits per heavy atom. The predicted octanol–water partition coefficient (Wildman–Crippen LogP) is 1.05. The molecule has 0 aromatic rings. The zero-order chi connectivity index (χ0) is 7.90. The Morgan fingerprint density at radius 2 is 2.09 bits per heavy atom. The van der Waals surface area contributed by atoms with Gasteiger partial charge in [-0.15, -0.1) is 0 Å². The molecule has 2 heteroatoms. The summed E-state index contributed by atoms with van der Waals surface area (Å²) in [5.41, 5.74) is -0.156. The first kappa shape index (κ1) is 7.04. The Bertz CT molecular complexity index is 212. The van der Waals surface area contributed by atoms with Crippen LogP contribution in [0.5, 0.6) is 0 Å². The van der Waals surface area contributed by atoms with Crippen LogP contribution in [0.3, 0.4) is 0 Å². The molecule has 1 saturated carbocycles. The third-order valence-corrected chi connectivity index (χ3v) is 2.93. The Kier molecular flexibility index (Phi) is 1.39. The highest BCUT2D eigenvalue weighted by Gasteiger charge is 2.44. The van der Waals surface area contributed by atoms with Gasteiger partial charge < -0.3 is 5.11 Å². The number of hydrogen-bond acceptors (Lipinski definition) is 2. The molecule has 1 unspecified atom stereocenters. The van der Waals surface area contributed by atoms with Crippen LogP contribution in [-0.4, -0.2) is 17.0 Å². The van der Waals surface area contributed by atoms with Gasteiger partial charge in [-0.1, -0.05) is 18.9 Å². The zero-order valence-electron chi connectivity index (χ0n) is 6.42. The van der Waals surface area contributed by atoms with Gasteiger partial charge in [0.05, 0.1) is 0 Å². The molecule has 1 atom stereocenters. The van der Waals surface area contributed by atoms with Crippen molar-refractivity contribution in [1.29, 1.82) is 0 Å². The van der Waals surface area contributed by atoms with Gasteiger partial charge >= 0.3 is 0 Å². The van der Waals surface area contributed by atoms with E-state index in [4.69, 9.17) is 0 Å². The van der Waals surface area contributed by atoms with Crippen molar-refractivity contribution in [3.05, 3.63) is 12.2 Å². The Labute approximate surface area is 65.9 Å². The first-order valence-corrected chi connectivity index (χ1v) is 4.16. The molecule has 0 heterocycles. The molecule has 0 saturated heterocycles. The first-order valence-electron chi connectivity index (χ1n) is 4.16. The van der Waals surface area contributed by atoms with Crippen LogP contribution in [0.4, 0.5) is 0 Å². The highest BCUT2D eigenvalue weighted by Crippen LogP contribution is 2.45. The first-order chi connectivity index (χ1) is 5.25. The third kappa shape index (κ3) is 0.857. The van der Waals surface area contributed by atoms with Crippen molar-refractivity contribution in [2.75, 3.05) is 0 Å². The smallest absolute Gasteiger partial charge is 0.184 e. The molecule has 0 bridgehead atoms. The molecule has 0 radical (unpaired) electrons. The number of carbonyl (C=O) groups excluding carboxylic acids is 1. The van der Waals surface area contributed by atoms with E-state index in [1.807, 2.05) is 6.08 Å². The Hall–Kier alpha value is -0.630. The van der Waals surface area contributed by atoms with Gasteiger partial charge in [0.1, 0.15) is 6.10 Å². The second kappa shape index (κ2) is 2.18. The number of hydrogen-bond donors (Lipinski definition) is 1. The summed E-state index contributed by atoms with van der Waals surface area (Å²) in [6.45, 7) is 0. The van der Waals surface area contributed by atoms with E-state index in [0.29, 0.717) is 0 Å². The van der Waals surface area contributed by atoms with E-state index in [2.05, 4.69) is 0 Å².